The molecule has 0 bridgehead atoms. The lowest BCUT2D eigenvalue weighted by atomic mass is 10.1. The lowest BCUT2D eigenvalue weighted by Crippen LogP contribution is -3.11. The van der Waals surface area contributed by atoms with E-state index in [2.05, 4.69) is 5.32 Å². The number of nitrogens with one attached hydrogen (secondary N) is 2. The first-order chi connectivity index (χ1) is 12.4. The molecule has 0 aliphatic carbocycles. The average Bonchev–Trinajstić information content (AvgIpc) is 3.28. The molecular weight excluding hydrogens is 352 g/mol. The van der Waals surface area contributed by atoms with Crippen molar-refractivity contribution in [1.82, 2.24) is 5.32 Å². The Bertz CT molecular complexity index is 823. The number of hydrogen-bond acceptors (Lipinski definition) is 4. The third kappa shape index (κ3) is 4.95. The second-order valence-corrected chi connectivity index (χ2v) is 9.05. The van der Waals surface area contributed by atoms with Crippen molar-refractivity contribution in [2.24, 2.45) is 0 Å². The van der Waals surface area contributed by atoms with E-state index in [0.29, 0.717) is 17.7 Å². The molecule has 1 amide bonds. The Morgan fingerprint density at radius 3 is 2.46 bits per heavy atom. The Kier molecular flexibility index (Phi) is 5.78. The fourth-order valence-corrected chi connectivity index (χ4v) is 4.26. The summed E-state index contributed by atoms with van der Waals surface area (Å²) in [5, 5.41) is 2.99. The van der Waals surface area contributed by atoms with Gasteiger partial charge in [-0.2, -0.15) is 0 Å². The summed E-state index contributed by atoms with van der Waals surface area (Å²) in [5.41, 5.74) is 1.20. The Hall–Kier alpha value is -2.12. The Balaban J connectivity index is 1.63. The number of furan rings is 1. The summed E-state index contributed by atoms with van der Waals surface area (Å²) in [7, 11) is -3.08. The van der Waals surface area contributed by atoms with Crippen LogP contribution in [0.3, 0.4) is 0 Å². The molecule has 26 heavy (non-hydrogen) atoms. The Morgan fingerprint density at radius 1 is 1.19 bits per heavy atom. The van der Waals surface area contributed by atoms with Crippen molar-refractivity contribution in [3.8, 4) is 0 Å². The maximum Gasteiger partial charge on any atom is 0.251 e. The minimum Gasteiger partial charge on any atom is -0.463 e. The number of carbonyl (C=O) groups excluding carboxylic acids is 1. The van der Waals surface area contributed by atoms with E-state index in [9.17, 15) is 13.2 Å². The summed E-state index contributed by atoms with van der Waals surface area (Å²) >= 11 is 0. The first-order valence-electron chi connectivity index (χ1n) is 8.85. The third-order valence-electron chi connectivity index (χ3n) is 4.74. The molecule has 6 nitrogen and oxygen atoms in total. The van der Waals surface area contributed by atoms with Crippen LogP contribution in [-0.4, -0.2) is 40.2 Å². The molecule has 1 aromatic carbocycles. The molecule has 3 rings (SSSR count). The third-order valence-corrected chi connectivity index (χ3v) is 5.59. The Labute approximate surface area is 154 Å². The van der Waals surface area contributed by atoms with Crippen LogP contribution in [0.15, 0.2) is 47.1 Å². The highest BCUT2D eigenvalue weighted by Crippen LogP contribution is 2.12. The van der Waals surface area contributed by atoms with Gasteiger partial charge in [-0.15, -0.1) is 0 Å². The number of likely N-dealkylation sites (tertiary alicyclic amines) is 1. The van der Waals surface area contributed by atoms with Gasteiger partial charge in [0.05, 0.1) is 31.7 Å². The van der Waals surface area contributed by atoms with Gasteiger partial charge >= 0.3 is 0 Å². The number of carbonyl (C=O) groups is 1. The van der Waals surface area contributed by atoms with Gasteiger partial charge in [-0.3, -0.25) is 4.79 Å². The SMILES string of the molecule is CS(=O)(=O)Cc1ccc(C(=O)NC[C@@H](c2ccco2)[NH+]2CCCC2)cc1. The lowest BCUT2D eigenvalue weighted by molar-refractivity contribution is -0.919. The van der Waals surface area contributed by atoms with Crippen LogP contribution in [0.4, 0.5) is 0 Å². The number of sulfone groups is 1. The maximum absolute atomic E-state index is 12.5. The summed E-state index contributed by atoms with van der Waals surface area (Å²) < 4.78 is 28.3. The molecule has 0 unspecified atom stereocenters. The van der Waals surface area contributed by atoms with Crippen LogP contribution in [0.5, 0.6) is 0 Å². The van der Waals surface area contributed by atoms with Crippen molar-refractivity contribution in [2.75, 3.05) is 25.9 Å². The predicted octanol–water partition coefficient (Wildman–Crippen LogP) is 0.974. The Morgan fingerprint density at radius 2 is 1.88 bits per heavy atom. The minimum absolute atomic E-state index is 0.0201. The molecule has 2 aromatic rings. The molecule has 1 saturated heterocycles. The highest BCUT2D eigenvalue weighted by atomic mass is 32.2. The average molecular weight is 377 g/mol. The van der Waals surface area contributed by atoms with E-state index < -0.39 is 9.84 Å². The highest BCUT2D eigenvalue weighted by Gasteiger charge is 2.29. The van der Waals surface area contributed by atoms with E-state index in [1.54, 1.807) is 30.5 Å². The molecule has 7 heteroatoms. The van der Waals surface area contributed by atoms with Gasteiger partial charge in [-0.05, 0) is 29.8 Å². The number of amides is 1. The molecule has 2 heterocycles. The fourth-order valence-electron chi connectivity index (χ4n) is 3.47. The zero-order chi connectivity index (χ0) is 18.6. The van der Waals surface area contributed by atoms with E-state index in [1.165, 1.54) is 24.0 Å². The van der Waals surface area contributed by atoms with Gasteiger partial charge in [0, 0.05) is 24.7 Å². The maximum atomic E-state index is 12.5. The van der Waals surface area contributed by atoms with Crippen molar-refractivity contribution in [3.05, 3.63) is 59.5 Å². The van der Waals surface area contributed by atoms with Gasteiger partial charge in [0.25, 0.3) is 5.91 Å². The molecular formula is C19H25N2O4S+. The van der Waals surface area contributed by atoms with E-state index in [0.717, 1.165) is 18.8 Å². The molecule has 0 radical (unpaired) electrons. The predicted molar refractivity (Wildman–Crippen MR) is 98.7 cm³/mol. The van der Waals surface area contributed by atoms with Crippen LogP contribution in [0.25, 0.3) is 0 Å². The van der Waals surface area contributed by atoms with Gasteiger partial charge in [-0.1, -0.05) is 12.1 Å². The van der Waals surface area contributed by atoms with E-state index >= 15 is 0 Å². The number of rotatable bonds is 7. The van der Waals surface area contributed by atoms with Crippen molar-refractivity contribution >= 4 is 15.7 Å². The minimum atomic E-state index is -3.08. The largest absolute Gasteiger partial charge is 0.463 e. The quantitative estimate of drug-likeness (QED) is 0.754. The van der Waals surface area contributed by atoms with Crippen LogP contribution < -0.4 is 10.2 Å². The number of hydrogen-bond donors (Lipinski definition) is 2. The van der Waals surface area contributed by atoms with Crippen LogP contribution in [-0.2, 0) is 15.6 Å². The summed E-state index contributed by atoms with van der Waals surface area (Å²) in [5.74, 6) is 0.713. The lowest BCUT2D eigenvalue weighted by Gasteiger charge is -2.23. The first-order valence-corrected chi connectivity index (χ1v) is 10.9. The molecule has 0 spiro atoms. The summed E-state index contributed by atoms with van der Waals surface area (Å²) in [4.78, 5) is 13.9. The standard InChI is InChI=1S/C19H24N2O4S/c1-26(23,24)14-15-6-8-16(9-7-15)19(22)20-13-17(18-5-4-12-25-18)21-10-2-3-11-21/h4-9,12,17H,2-3,10-11,13-14H2,1H3,(H,20,22)/p+1/t17-/m0/s1. The van der Waals surface area contributed by atoms with Crippen molar-refractivity contribution in [3.63, 3.8) is 0 Å². The van der Waals surface area contributed by atoms with Crippen LogP contribution >= 0.6 is 0 Å². The van der Waals surface area contributed by atoms with E-state index in [1.807, 2.05) is 12.1 Å². The van der Waals surface area contributed by atoms with Gasteiger partial charge < -0.3 is 14.6 Å². The first kappa shape index (κ1) is 18.7. The zero-order valence-electron chi connectivity index (χ0n) is 14.9. The molecule has 1 aliphatic rings. The molecule has 1 fully saturated rings. The smallest absolute Gasteiger partial charge is 0.251 e. The van der Waals surface area contributed by atoms with Crippen molar-refractivity contribution in [2.45, 2.75) is 24.6 Å². The zero-order valence-corrected chi connectivity index (χ0v) is 15.7. The van der Waals surface area contributed by atoms with E-state index in [-0.39, 0.29) is 17.7 Å². The molecule has 1 aromatic heterocycles. The molecule has 140 valence electrons. The summed E-state index contributed by atoms with van der Waals surface area (Å²) in [6.07, 6.45) is 5.26. The van der Waals surface area contributed by atoms with Gasteiger partial charge in [-0.25, -0.2) is 8.42 Å². The van der Waals surface area contributed by atoms with Crippen LogP contribution in [0.1, 0.15) is 40.6 Å². The van der Waals surface area contributed by atoms with Crippen LogP contribution in [0, 0.1) is 0 Å². The van der Waals surface area contributed by atoms with Crippen molar-refractivity contribution in [1.29, 1.82) is 0 Å². The second-order valence-electron chi connectivity index (χ2n) is 6.91. The summed E-state index contributed by atoms with van der Waals surface area (Å²) in [6.45, 7) is 2.68. The molecule has 1 aliphatic heterocycles. The molecule has 0 saturated carbocycles. The normalized spacial score (nSPS) is 16.5. The summed E-state index contributed by atoms with van der Waals surface area (Å²) in [6, 6.07) is 10.7. The topological polar surface area (TPSA) is 80.8 Å². The number of benzene rings is 1. The van der Waals surface area contributed by atoms with Crippen molar-refractivity contribution < 1.29 is 22.5 Å². The highest BCUT2D eigenvalue weighted by molar-refractivity contribution is 7.89. The molecule has 1 atom stereocenters. The van der Waals surface area contributed by atoms with Crippen LogP contribution in [0.2, 0.25) is 0 Å². The monoisotopic (exact) mass is 377 g/mol. The van der Waals surface area contributed by atoms with E-state index in [4.69, 9.17) is 4.42 Å². The van der Waals surface area contributed by atoms with Gasteiger partial charge in [0.15, 0.2) is 21.6 Å². The second kappa shape index (κ2) is 8.05. The van der Waals surface area contributed by atoms with Gasteiger partial charge in [0.1, 0.15) is 0 Å². The fraction of sp³-hybridized carbons (Fsp3) is 0.421. The van der Waals surface area contributed by atoms with Gasteiger partial charge in [0.2, 0.25) is 0 Å². The molecule has 2 N–H and O–H groups in total. The number of quaternary nitrogens is 1.